The summed E-state index contributed by atoms with van der Waals surface area (Å²) in [6.07, 6.45) is 0. The van der Waals surface area contributed by atoms with Crippen LogP contribution in [0.25, 0.3) is 0 Å². The molecule has 0 spiro atoms. The molecule has 0 heterocycles. The average Bonchev–Trinajstić information content (AvgIpc) is 2.59. The molecule has 0 N–H and O–H groups in total. The highest BCUT2D eigenvalue weighted by Crippen LogP contribution is 2.25. The van der Waals surface area contributed by atoms with E-state index < -0.39 is 24.2 Å². The summed E-state index contributed by atoms with van der Waals surface area (Å²) in [6.45, 7) is -0.446. The number of methoxy groups -OCH3 is 2. The Hall–Kier alpha value is -2.89. The van der Waals surface area contributed by atoms with Crippen molar-refractivity contribution in [1.82, 2.24) is 0 Å². The number of ketones is 1. The molecular weight excluding hydrogens is 303 g/mol. The topological polar surface area (TPSA) is 61.8 Å². The Labute approximate surface area is 132 Å². The summed E-state index contributed by atoms with van der Waals surface area (Å²) in [6, 6.07) is 9.57. The third kappa shape index (κ3) is 4.06. The molecule has 2 aromatic carbocycles. The minimum Gasteiger partial charge on any atom is -0.497 e. The van der Waals surface area contributed by atoms with E-state index >= 15 is 0 Å². The van der Waals surface area contributed by atoms with Crippen LogP contribution in [0.4, 0.5) is 4.39 Å². The van der Waals surface area contributed by atoms with Gasteiger partial charge in [0.05, 0.1) is 25.3 Å². The molecule has 0 radical (unpaired) electrons. The molecule has 6 heteroatoms. The number of ether oxygens (including phenoxy) is 3. The van der Waals surface area contributed by atoms with E-state index in [0.717, 1.165) is 12.1 Å². The van der Waals surface area contributed by atoms with E-state index in [1.165, 1.54) is 32.4 Å². The van der Waals surface area contributed by atoms with Crippen molar-refractivity contribution in [2.75, 3.05) is 20.8 Å². The predicted molar refractivity (Wildman–Crippen MR) is 80.6 cm³/mol. The molecule has 0 amide bonds. The SMILES string of the molecule is COc1ccc(C(=O)COC(=O)c2ccc(F)cc2)c(OC)c1. The molecule has 0 aliphatic carbocycles. The van der Waals surface area contributed by atoms with Gasteiger partial charge in [-0.15, -0.1) is 0 Å². The maximum atomic E-state index is 12.8. The zero-order valence-corrected chi connectivity index (χ0v) is 12.7. The molecule has 0 aliphatic heterocycles. The molecule has 0 aliphatic rings. The van der Waals surface area contributed by atoms with Crippen LogP contribution in [0.5, 0.6) is 11.5 Å². The van der Waals surface area contributed by atoms with Crippen molar-refractivity contribution in [2.24, 2.45) is 0 Å². The summed E-state index contributed by atoms with van der Waals surface area (Å²) in [7, 11) is 2.93. The summed E-state index contributed by atoms with van der Waals surface area (Å²) in [5, 5.41) is 0. The van der Waals surface area contributed by atoms with E-state index in [1.807, 2.05) is 0 Å². The van der Waals surface area contributed by atoms with E-state index in [0.29, 0.717) is 11.5 Å². The van der Waals surface area contributed by atoms with Crippen molar-refractivity contribution < 1.29 is 28.2 Å². The third-order valence-electron chi connectivity index (χ3n) is 3.12. The normalized spacial score (nSPS) is 10.0. The van der Waals surface area contributed by atoms with Crippen molar-refractivity contribution >= 4 is 11.8 Å². The second kappa shape index (κ2) is 7.40. The Balaban J connectivity index is 2.04. The number of carbonyl (C=O) groups excluding carboxylic acids is 2. The zero-order valence-electron chi connectivity index (χ0n) is 12.7. The lowest BCUT2D eigenvalue weighted by Gasteiger charge is -2.10. The molecular formula is C17H15FO5. The van der Waals surface area contributed by atoms with Crippen molar-refractivity contribution in [3.8, 4) is 11.5 Å². The van der Waals surface area contributed by atoms with Crippen LogP contribution >= 0.6 is 0 Å². The van der Waals surface area contributed by atoms with Gasteiger partial charge < -0.3 is 14.2 Å². The Morgan fingerprint density at radius 3 is 2.30 bits per heavy atom. The quantitative estimate of drug-likeness (QED) is 0.605. The summed E-state index contributed by atoms with van der Waals surface area (Å²) >= 11 is 0. The van der Waals surface area contributed by atoms with Crippen LogP contribution in [0.1, 0.15) is 20.7 Å². The van der Waals surface area contributed by atoms with Gasteiger partial charge in [-0.25, -0.2) is 9.18 Å². The third-order valence-corrected chi connectivity index (χ3v) is 3.12. The molecule has 0 fully saturated rings. The lowest BCUT2D eigenvalue weighted by atomic mass is 10.1. The fourth-order valence-corrected chi connectivity index (χ4v) is 1.91. The van der Waals surface area contributed by atoms with Gasteiger partial charge in [0, 0.05) is 6.07 Å². The smallest absolute Gasteiger partial charge is 0.338 e. The highest BCUT2D eigenvalue weighted by molar-refractivity contribution is 6.01. The molecule has 120 valence electrons. The lowest BCUT2D eigenvalue weighted by Crippen LogP contribution is -2.15. The standard InChI is InChI=1S/C17H15FO5/c1-21-13-7-8-14(16(9-13)22-2)15(19)10-23-17(20)11-3-5-12(18)6-4-11/h3-9H,10H2,1-2H3. The molecule has 0 saturated carbocycles. The molecule has 0 atom stereocenters. The van der Waals surface area contributed by atoms with Crippen LogP contribution in [0.3, 0.4) is 0 Å². The summed E-state index contributed by atoms with van der Waals surface area (Å²) in [4.78, 5) is 24.0. The van der Waals surface area contributed by atoms with Crippen LogP contribution in [-0.2, 0) is 4.74 Å². The van der Waals surface area contributed by atoms with Crippen molar-refractivity contribution in [3.63, 3.8) is 0 Å². The molecule has 0 saturated heterocycles. The van der Waals surface area contributed by atoms with E-state index in [9.17, 15) is 14.0 Å². The minimum atomic E-state index is -0.703. The van der Waals surface area contributed by atoms with Crippen LogP contribution in [0, 0.1) is 5.82 Å². The second-order valence-corrected chi connectivity index (χ2v) is 4.57. The van der Waals surface area contributed by atoms with Crippen LogP contribution in [-0.4, -0.2) is 32.6 Å². The molecule has 5 nitrogen and oxygen atoms in total. The van der Waals surface area contributed by atoms with Gasteiger partial charge in [0.25, 0.3) is 0 Å². The first-order valence-electron chi connectivity index (χ1n) is 6.73. The highest BCUT2D eigenvalue weighted by Gasteiger charge is 2.16. The number of hydrogen-bond donors (Lipinski definition) is 0. The van der Waals surface area contributed by atoms with Gasteiger partial charge >= 0.3 is 5.97 Å². The fraction of sp³-hybridized carbons (Fsp3) is 0.176. The highest BCUT2D eigenvalue weighted by atomic mass is 19.1. The predicted octanol–water partition coefficient (Wildman–Crippen LogP) is 2.88. The first kappa shape index (κ1) is 16.5. The number of hydrogen-bond acceptors (Lipinski definition) is 5. The first-order valence-corrected chi connectivity index (χ1v) is 6.73. The van der Waals surface area contributed by atoms with Crippen LogP contribution in [0.15, 0.2) is 42.5 Å². The van der Waals surface area contributed by atoms with Crippen LogP contribution < -0.4 is 9.47 Å². The molecule has 2 aromatic rings. The Morgan fingerprint density at radius 2 is 1.70 bits per heavy atom. The summed E-state index contributed by atoms with van der Waals surface area (Å²) in [5.74, 6) is -0.708. The van der Waals surface area contributed by atoms with E-state index in [1.54, 1.807) is 12.1 Å². The lowest BCUT2D eigenvalue weighted by molar-refractivity contribution is 0.0474. The van der Waals surface area contributed by atoms with E-state index in [2.05, 4.69) is 0 Å². The number of carbonyl (C=O) groups is 2. The minimum absolute atomic E-state index is 0.167. The fourth-order valence-electron chi connectivity index (χ4n) is 1.91. The van der Waals surface area contributed by atoms with Gasteiger partial charge in [0.1, 0.15) is 17.3 Å². The van der Waals surface area contributed by atoms with Gasteiger partial charge in [0.15, 0.2) is 6.61 Å². The van der Waals surface area contributed by atoms with E-state index in [4.69, 9.17) is 14.2 Å². The van der Waals surface area contributed by atoms with Gasteiger partial charge in [-0.2, -0.15) is 0 Å². The molecule has 0 aromatic heterocycles. The molecule has 0 bridgehead atoms. The van der Waals surface area contributed by atoms with Crippen LogP contribution in [0.2, 0.25) is 0 Å². The average molecular weight is 318 g/mol. The van der Waals surface area contributed by atoms with Crippen molar-refractivity contribution in [1.29, 1.82) is 0 Å². The second-order valence-electron chi connectivity index (χ2n) is 4.57. The molecule has 23 heavy (non-hydrogen) atoms. The van der Waals surface area contributed by atoms with Gasteiger partial charge in [-0.05, 0) is 36.4 Å². The maximum absolute atomic E-state index is 12.8. The molecule has 0 unspecified atom stereocenters. The zero-order chi connectivity index (χ0) is 16.8. The van der Waals surface area contributed by atoms with E-state index in [-0.39, 0.29) is 11.1 Å². The first-order chi connectivity index (χ1) is 11.0. The Kier molecular flexibility index (Phi) is 5.30. The number of esters is 1. The Morgan fingerprint density at radius 1 is 1.00 bits per heavy atom. The maximum Gasteiger partial charge on any atom is 0.338 e. The largest absolute Gasteiger partial charge is 0.497 e. The summed E-state index contributed by atoms with van der Waals surface area (Å²) < 4.78 is 27.9. The number of Topliss-reactive ketones (excluding diaryl/α,β-unsaturated/α-hetero) is 1. The van der Waals surface area contributed by atoms with Gasteiger partial charge in [0.2, 0.25) is 5.78 Å². The summed E-state index contributed by atoms with van der Waals surface area (Å²) in [5.41, 5.74) is 0.445. The van der Waals surface area contributed by atoms with Gasteiger partial charge in [-0.1, -0.05) is 0 Å². The van der Waals surface area contributed by atoms with Gasteiger partial charge in [-0.3, -0.25) is 4.79 Å². The monoisotopic (exact) mass is 318 g/mol. The Bertz CT molecular complexity index is 709. The number of benzene rings is 2. The molecule has 2 rings (SSSR count). The number of halogens is 1. The van der Waals surface area contributed by atoms with Crippen molar-refractivity contribution in [2.45, 2.75) is 0 Å². The van der Waals surface area contributed by atoms with Crippen molar-refractivity contribution in [3.05, 3.63) is 59.4 Å². The number of rotatable bonds is 6.